The predicted octanol–water partition coefficient (Wildman–Crippen LogP) is 1.10. The maximum atomic E-state index is 8.71. The molecule has 1 heterocycles. The van der Waals surface area contributed by atoms with Crippen LogP contribution in [0.4, 0.5) is 5.82 Å². The number of nitrogens with two attached hydrogens (primary N) is 1. The van der Waals surface area contributed by atoms with E-state index in [-0.39, 0.29) is 6.04 Å². The summed E-state index contributed by atoms with van der Waals surface area (Å²) in [6.07, 6.45) is 4.12. The first kappa shape index (κ1) is 9.94. The summed E-state index contributed by atoms with van der Waals surface area (Å²) in [5.41, 5.74) is 6.56. The third-order valence-electron chi connectivity index (χ3n) is 2.64. The number of pyridine rings is 1. The smallest absolute Gasteiger partial charge is 0.127 e. The van der Waals surface area contributed by atoms with E-state index in [1.165, 1.54) is 12.8 Å². The molecule has 1 aromatic rings. The Morgan fingerprint density at radius 3 is 3.13 bits per heavy atom. The minimum atomic E-state index is 0.206. The second kappa shape index (κ2) is 4.28. The van der Waals surface area contributed by atoms with Crippen LogP contribution in [0.3, 0.4) is 0 Å². The highest BCUT2D eigenvalue weighted by atomic mass is 15.0. The zero-order chi connectivity index (χ0) is 10.7. The Balaban J connectivity index is 1.89. The summed E-state index contributed by atoms with van der Waals surface area (Å²) in [7, 11) is 0. The molecule has 4 heteroatoms. The normalized spacial score (nSPS) is 16.8. The molecule has 1 saturated carbocycles. The first-order chi connectivity index (χ1) is 7.29. The van der Waals surface area contributed by atoms with Gasteiger partial charge in [-0.05, 0) is 30.9 Å². The fourth-order valence-electron chi connectivity index (χ4n) is 1.51. The van der Waals surface area contributed by atoms with Crippen LogP contribution in [0.1, 0.15) is 18.4 Å². The molecule has 1 aliphatic rings. The zero-order valence-electron chi connectivity index (χ0n) is 8.48. The van der Waals surface area contributed by atoms with Gasteiger partial charge in [0.15, 0.2) is 0 Å². The lowest BCUT2D eigenvalue weighted by atomic mass is 10.2. The quantitative estimate of drug-likeness (QED) is 0.766. The Morgan fingerprint density at radius 1 is 1.67 bits per heavy atom. The van der Waals surface area contributed by atoms with Crippen LogP contribution in [-0.4, -0.2) is 17.6 Å². The van der Waals surface area contributed by atoms with Crippen molar-refractivity contribution in [3.63, 3.8) is 0 Å². The van der Waals surface area contributed by atoms with Crippen LogP contribution >= 0.6 is 0 Å². The molecule has 0 saturated heterocycles. The Morgan fingerprint density at radius 2 is 2.47 bits per heavy atom. The summed E-state index contributed by atoms with van der Waals surface area (Å²) < 4.78 is 0. The molecule has 1 aromatic heterocycles. The summed E-state index contributed by atoms with van der Waals surface area (Å²) in [6, 6.07) is 5.71. The van der Waals surface area contributed by atoms with Crippen LogP contribution in [0.5, 0.6) is 0 Å². The first-order valence-electron chi connectivity index (χ1n) is 5.15. The molecule has 78 valence electrons. The molecule has 0 aromatic carbocycles. The number of anilines is 1. The second-order valence-corrected chi connectivity index (χ2v) is 3.92. The number of nitrogens with one attached hydrogen (secondary N) is 1. The van der Waals surface area contributed by atoms with Gasteiger partial charge < -0.3 is 11.1 Å². The number of rotatable bonds is 4. The molecule has 4 nitrogen and oxygen atoms in total. The average molecular weight is 202 g/mol. The molecule has 2 rings (SSSR count). The lowest BCUT2D eigenvalue weighted by Crippen LogP contribution is -2.31. The molecular formula is C11H14N4. The largest absolute Gasteiger partial charge is 0.368 e. The summed E-state index contributed by atoms with van der Waals surface area (Å²) in [5.74, 6) is 1.40. The van der Waals surface area contributed by atoms with Gasteiger partial charge >= 0.3 is 0 Å². The van der Waals surface area contributed by atoms with Gasteiger partial charge in [0.1, 0.15) is 5.82 Å². The highest BCUT2D eigenvalue weighted by Crippen LogP contribution is 2.31. The topological polar surface area (TPSA) is 74.7 Å². The van der Waals surface area contributed by atoms with Crippen LogP contribution in [0.25, 0.3) is 0 Å². The van der Waals surface area contributed by atoms with Gasteiger partial charge in [-0.3, -0.25) is 0 Å². The molecular weight excluding hydrogens is 188 g/mol. The van der Waals surface area contributed by atoms with E-state index in [0.29, 0.717) is 11.5 Å². The standard InChI is InChI=1S/C11H14N4/c12-6-8-3-4-14-11(5-8)15-7-10(13)9-1-2-9/h3-5,9-10H,1-2,7,13H2,(H,14,15). The summed E-state index contributed by atoms with van der Waals surface area (Å²) in [6.45, 7) is 0.729. The van der Waals surface area contributed by atoms with Crippen LogP contribution in [0.15, 0.2) is 18.3 Å². The maximum Gasteiger partial charge on any atom is 0.127 e. The zero-order valence-corrected chi connectivity index (χ0v) is 8.48. The van der Waals surface area contributed by atoms with E-state index in [1.54, 1.807) is 18.3 Å². The molecule has 3 N–H and O–H groups in total. The van der Waals surface area contributed by atoms with Crippen molar-refractivity contribution in [3.8, 4) is 6.07 Å². The van der Waals surface area contributed by atoms with Crippen molar-refractivity contribution in [1.29, 1.82) is 5.26 Å². The molecule has 1 aliphatic carbocycles. The average Bonchev–Trinajstić information content (AvgIpc) is 3.10. The van der Waals surface area contributed by atoms with Gasteiger partial charge in [0.25, 0.3) is 0 Å². The molecule has 1 fully saturated rings. The molecule has 0 radical (unpaired) electrons. The fourth-order valence-corrected chi connectivity index (χ4v) is 1.51. The van der Waals surface area contributed by atoms with E-state index in [2.05, 4.69) is 16.4 Å². The molecule has 15 heavy (non-hydrogen) atoms. The van der Waals surface area contributed by atoms with E-state index < -0.39 is 0 Å². The van der Waals surface area contributed by atoms with Gasteiger partial charge in [-0.2, -0.15) is 5.26 Å². The number of nitrogens with zero attached hydrogens (tertiary/aromatic N) is 2. The highest BCUT2D eigenvalue weighted by Gasteiger charge is 2.28. The maximum absolute atomic E-state index is 8.71. The van der Waals surface area contributed by atoms with Crippen molar-refractivity contribution in [3.05, 3.63) is 23.9 Å². The van der Waals surface area contributed by atoms with Gasteiger partial charge in [-0.25, -0.2) is 4.98 Å². The van der Waals surface area contributed by atoms with Crippen molar-refractivity contribution in [2.45, 2.75) is 18.9 Å². The minimum Gasteiger partial charge on any atom is -0.368 e. The Hall–Kier alpha value is -1.60. The van der Waals surface area contributed by atoms with E-state index in [9.17, 15) is 0 Å². The number of nitriles is 1. The SMILES string of the molecule is N#Cc1ccnc(NCC(N)C2CC2)c1. The predicted molar refractivity (Wildman–Crippen MR) is 58.1 cm³/mol. The lowest BCUT2D eigenvalue weighted by molar-refractivity contribution is 0.620. The van der Waals surface area contributed by atoms with Gasteiger partial charge in [0.2, 0.25) is 0 Å². The molecule has 0 bridgehead atoms. The number of hydrogen-bond acceptors (Lipinski definition) is 4. The van der Waals surface area contributed by atoms with E-state index in [4.69, 9.17) is 11.0 Å². The Kier molecular flexibility index (Phi) is 2.84. The monoisotopic (exact) mass is 202 g/mol. The van der Waals surface area contributed by atoms with Crippen LogP contribution in [-0.2, 0) is 0 Å². The van der Waals surface area contributed by atoms with E-state index >= 15 is 0 Å². The second-order valence-electron chi connectivity index (χ2n) is 3.92. The summed E-state index contributed by atoms with van der Waals surface area (Å²) in [4.78, 5) is 4.12. The van der Waals surface area contributed by atoms with Crippen LogP contribution in [0.2, 0.25) is 0 Å². The molecule has 0 amide bonds. The van der Waals surface area contributed by atoms with E-state index in [1.807, 2.05) is 0 Å². The third-order valence-corrected chi connectivity index (χ3v) is 2.64. The fraction of sp³-hybridized carbons (Fsp3) is 0.455. The first-order valence-corrected chi connectivity index (χ1v) is 5.15. The van der Waals surface area contributed by atoms with Crippen LogP contribution in [0, 0.1) is 17.2 Å². The van der Waals surface area contributed by atoms with Crippen molar-refractivity contribution in [2.24, 2.45) is 11.7 Å². The number of aromatic nitrogens is 1. The van der Waals surface area contributed by atoms with Gasteiger partial charge in [0, 0.05) is 18.8 Å². The highest BCUT2D eigenvalue weighted by molar-refractivity contribution is 5.42. The van der Waals surface area contributed by atoms with E-state index in [0.717, 1.165) is 12.4 Å². The summed E-state index contributed by atoms with van der Waals surface area (Å²) >= 11 is 0. The van der Waals surface area contributed by atoms with Gasteiger partial charge in [-0.1, -0.05) is 0 Å². The Bertz CT molecular complexity index is 378. The van der Waals surface area contributed by atoms with Crippen molar-refractivity contribution in [1.82, 2.24) is 4.98 Å². The van der Waals surface area contributed by atoms with Crippen molar-refractivity contribution >= 4 is 5.82 Å². The molecule has 0 aliphatic heterocycles. The van der Waals surface area contributed by atoms with Crippen LogP contribution < -0.4 is 11.1 Å². The lowest BCUT2D eigenvalue weighted by Gasteiger charge is -2.11. The minimum absolute atomic E-state index is 0.206. The molecule has 0 spiro atoms. The molecule has 1 unspecified atom stereocenters. The third kappa shape index (κ3) is 2.67. The van der Waals surface area contributed by atoms with Crippen molar-refractivity contribution < 1.29 is 0 Å². The number of hydrogen-bond donors (Lipinski definition) is 2. The Labute approximate surface area is 89.1 Å². The van der Waals surface area contributed by atoms with Gasteiger partial charge in [0.05, 0.1) is 11.6 Å². The van der Waals surface area contributed by atoms with Gasteiger partial charge in [-0.15, -0.1) is 0 Å². The summed E-state index contributed by atoms with van der Waals surface area (Å²) in [5, 5.41) is 11.9. The molecule has 1 atom stereocenters. The van der Waals surface area contributed by atoms with Crippen molar-refractivity contribution in [2.75, 3.05) is 11.9 Å².